The molecule has 10 N–H and O–H groups in total. The number of aliphatic carboxylic acids is 1. The van der Waals surface area contributed by atoms with Crippen LogP contribution in [-0.2, 0) is 14.3 Å². The Balaban J connectivity index is 1.52. The van der Waals surface area contributed by atoms with Crippen LogP contribution in [-0.4, -0.2) is 87.0 Å². The fourth-order valence-corrected chi connectivity index (χ4v) is 5.25. The van der Waals surface area contributed by atoms with Gasteiger partial charge in [-0.3, -0.25) is 4.79 Å². The van der Waals surface area contributed by atoms with E-state index in [1.54, 1.807) is 6.07 Å². The molecule has 13 nitrogen and oxygen atoms in total. The zero-order valence-corrected chi connectivity index (χ0v) is 23.3. The van der Waals surface area contributed by atoms with Crippen LogP contribution >= 0.6 is 0 Å². The number of carboxylic acids is 1. The fraction of sp³-hybridized carbons (Fsp3) is 0.414. The van der Waals surface area contributed by atoms with Gasteiger partial charge in [-0.1, -0.05) is 24.3 Å². The van der Waals surface area contributed by atoms with Gasteiger partial charge in [0, 0.05) is 23.5 Å². The van der Waals surface area contributed by atoms with Gasteiger partial charge in [-0.25, -0.2) is 14.3 Å². The van der Waals surface area contributed by atoms with Crippen LogP contribution in [0.25, 0.3) is 11.4 Å². The second-order valence-corrected chi connectivity index (χ2v) is 10.6. The SMILES string of the molecule is N=N/C(=C\NC1C(O)[C@H](O[C@@H]2CC(C(=O)O)C[C@@H](N/C=C(\N)c3cccc(F)c3)C2O)OC(CO)[C@@H]1O)c1cccc(F)c1. The van der Waals surface area contributed by atoms with Gasteiger partial charge < -0.3 is 51.4 Å². The van der Waals surface area contributed by atoms with E-state index in [2.05, 4.69) is 15.7 Å². The molecule has 44 heavy (non-hydrogen) atoms. The lowest BCUT2D eigenvalue weighted by Crippen LogP contribution is -2.64. The van der Waals surface area contributed by atoms with E-state index >= 15 is 0 Å². The topological polar surface area (TPSA) is 223 Å². The predicted molar refractivity (Wildman–Crippen MR) is 151 cm³/mol. The van der Waals surface area contributed by atoms with Gasteiger partial charge in [0.1, 0.15) is 41.7 Å². The van der Waals surface area contributed by atoms with Crippen LogP contribution in [0.15, 0.2) is 66.0 Å². The van der Waals surface area contributed by atoms with Gasteiger partial charge in [-0.05, 0) is 37.1 Å². The van der Waals surface area contributed by atoms with Crippen molar-refractivity contribution in [2.75, 3.05) is 6.61 Å². The summed E-state index contributed by atoms with van der Waals surface area (Å²) in [4.78, 5) is 12.0. The average molecular weight is 620 g/mol. The minimum atomic E-state index is -1.63. The molecule has 1 aliphatic heterocycles. The summed E-state index contributed by atoms with van der Waals surface area (Å²) in [7, 11) is 0. The lowest BCUT2D eigenvalue weighted by molar-refractivity contribution is -0.302. The smallest absolute Gasteiger partial charge is 0.306 e. The van der Waals surface area contributed by atoms with E-state index in [1.165, 1.54) is 48.8 Å². The number of aliphatic hydroxyl groups excluding tert-OH is 4. The molecule has 2 aromatic rings. The molecule has 0 aromatic heterocycles. The van der Waals surface area contributed by atoms with E-state index in [0.717, 1.165) is 6.07 Å². The molecule has 4 rings (SSSR count). The van der Waals surface area contributed by atoms with Crippen LogP contribution < -0.4 is 16.4 Å². The van der Waals surface area contributed by atoms with Crippen LogP contribution in [0.5, 0.6) is 0 Å². The van der Waals surface area contributed by atoms with Gasteiger partial charge in [0.2, 0.25) is 0 Å². The number of halogens is 2. The highest BCUT2D eigenvalue weighted by Crippen LogP contribution is 2.32. The molecule has 2 aliphatic rings. The third-order valence-electron chi connectivity index (χ3n) is 7.66. The Morgan fingerprint density at radius 2 is 1.68 bits per heavy atom. The molecule has 1 heterocycles. The molecule has 0 radical (unpaired) electrons. The fourth-order valence-electron chi connectivity index (χ4n) is 5.25. The molecular formula is C29H35F2N5O8. The number of carboxylic acid groups (broad SMARTS) is 1. The molecule has 0 bridgehead atoms. The normalized spacial score (nSPS) is 31.3. The average Bonchev–Trinajstić information content (AvgIpc) is 3.00. The molecule has 9 atom stereocenters. The highest BCUT2D eigenvalue weighted by atomic mass is 19.1. The summed E-state index contributed by atoms with van der Waals surface area (Å²) in [6, 6.07) is 8.64. The second kappa shape index (κ2) is 14.7. The largest absolute Gasteiger partial charge is 0.481 e. The van der Waals surface area contributed by atoms with E-state index in [1.807, 2.05) is 0 Å². The van der Waals surface area contributed by atoms with Gasteiger partial charge in [0.25, 0.3) is 0 Å². The maximum atomic E-state index is 13.7. The van der Waals surface area contributed by atoms with Crippen LogP contribution in [0.2, 0.25) is 0 Å². The van der Waals surface area contributed by atoms with E-state index in [-0.39, 0.29) is 29.8 Å². The Morgan fingerprint density at radius 1 is 1.02 bits per heavy atom. The van der Waals surface area contributed by atoms with Gasteiger partial charge in [0.05, 0.1) is 36.4 Å². The van der Waals surface area contributed by atoms with Crippen LogP contribution in [0.3, 0.4) is 0 Å². The number of hydrogen-bond acceptors (Lipinski definition) is 12. The summed E-state index contributed by atoms with van der Waals surface area (Å²) < 4.78 is 38.8. The van der Waals surface area contributed by atoms with Gasteiger partial charge in [-0.2, -0.15) is 5.11 Å². The van der Waals surface area contributed by atoms with E-state index in [0.29, 0.717) is 5.56 Å². The Labute approximate surface area is 251 Å². The van der Waals surface area contributed by atoms with Crippen molar-refractivity contribution < 1.29 is 48.6 Å². The van der Waals surface area contributed by atoms with Crippen LogP contribution in [0.1, 0.15) is 24.0 Å². The Kier molecular flexibility index (Phi) is 11.0. The van der Waals surface area contributed by atoms with Crippen molar-refractivity contribution in [1.82, 2.24) is 10.6 Å². The summed E-state index contributed by atoms with van der Waals surface area (Å²) in [6.07, 6.45) is -6.11. The molecular weight excluding hydrogens is 584 g/mol. The van der Waals surface area contributed by atoms with Crippen molar-refractivity contribution in [2.45, 2.75) is 61.7 Å². The number of nitrogens with two attached hydrogens (primary N) is 1. The molecule has 2 aromatic carbocycles. The molecule has 2 fully saturated rings. The molecule has 0 amide bonds. The zero-order valence-electron chi connectivity index (χ0n) is 23.3. The standard InChI is InChI=1S/C29H35F2N5O8/c30-17-5-1-3-14(7-17)19(32)11-34-20-9-16(28(41)42)10-22(25(20)38)43-29-27(40)24(26(39)23(13-37)44-29)35-12-21(36-33)15-4-2-6-18(31)8-15/h1-8,11-12,16,20,22-27,29,33-35,37-40H,9-10,13,32H2,(H,41,42)/b19-11-,21-12-,36-33?/t16?,20-,22-,23?,24?,25?,26+,27?,29-/m1/s1. The third kappa shape index (κ3) is 7.74. The summed E-state index contributed by atoms with van der Waals surface area (Å²) in [6.45, 7) is -0.686. The van der Waals surface area contributed by atoms with Crippen molar-refractivity contribution in [3.05, 3.63) is 83.7 Å². The third-order valence-corrected chi connectivity index (χ3v) is 7.66. The molecule has 5 unspecified atom stereocenters. The number of carbonyl (C=O) groups is 1. The quantitative estimate of drug-likeness (QED) is 0.160. The predicted octanol–water partition coefficient (Wildman–Crippen LogP) is 0.848. The number of nitrogens with zero attached hydrogens (tertiary/aromatic N) is 1. The van der Waals surface area contributed by atoms with Gasteiger partial charge in [0.15, 0.2) is 6.29 Å². The first-order chi connectivity index (χ1) is 21.0. The highest BCUT2D eigenvalue weighted by Gasteiger charge is 2.48. The van der Waals surface area contributed by atoms with Crippen molar-refractivity contribution >= 4 is 17.4 Å². The summed E-state index contributed by atoms with van der Waals surface area (Å²) in [5, 5.41) is 61.6. The summed E-state index contributed by atoms with van der Waals surface area (Å²) in [5.41, 5.74) is 14.2. The first kappa shape index (κ1) is 32.9. The van der Waals surface area contributed by atoms with E-state index in [4.69, 9.17) is 20.7 Å². The van der Waals surface area contributed by atoms with Crippen molar-refractivity contribution in [1.29, 1.82) is 5.53 Å². The van der Waals surface area contributed by atoms with Gasteiger partial charge >= 0.3 is 5.97 Å². The number of ether oxygens (including phenoxy) is 2. The van der Waals surface area contributed by atoms with Crippen molar-refractivity contribution in [2.24, 2.45) is 16.8 Å². The summed E-state index contributed by atoms with van der Waals surface area (Å²) >= 11 is 0. The van der Waals surface area contributed by atoms with Crippen molar-refractivity contribution in [3.8, 4) is 0 Å². The van der Waals surface area contributed by atoms with Crippen molar-refractivity contribution in [3.63, 3.8) is 0 Å². The number of aliphatic hydroxyl groups is 4. The molecule has 1 saturated heterocycles. The molecule has 1 saturated carbocycles. The monoisotopic (exact) mass is 619 g/mol. The number of nitrogens with one attached hydrogen (secondary N) is 3. The number of hydrogen-bond donors (Lipinski definition) is 9. The maximum absolute atomic E-state index is 13.7. The Morgan fingerprint density at radius 3 is 2.30 bits per heavy atom. The van der Waals surface area contributed by atoms with E-state index < -0.39 is 79.0 Å². The zero-order chi connectivity index (χ0) is 32.0. The second-order valence-electron chi connectivity index (χ2n) is 10.6. The van der Waals surface area contributed by atoms with Crippen LogP contribution in [0, 0.1) is 23.1 Å². The van der Waals surface area contributed by atoms with Gasteiger partial charge in [-0.15, -0.1) is 0 Å². The van der Waals surface area contributed by atoms with Crippen LogP contribution in [0.4, 0.5) is 8.78 Å². The Bertz CT molecular complexity index is 1380. The minimum absolute atomic E-state index is 0.0101. The van der Waals surface area contributed by atoms with E-state index in [9.17, 15) is 39.1 Å². The first-order valence-corrected chi connectivity index (χ1v) is 13.8. The highest BCUT2D eigenvalue weighted by molar-refractivity contribution is 5.70. The molecule has 0 spiro atoms. The number of rotatable bonds is 11. The molecule has 238 valence electrons. The molecule has 1 aliphatic carbocycles. The lowest BCUT2D eigenvalue weighted by atomic mass is 9.81. The first-order valence-electron chi connectivity index (χ1n) is 13.8. The summed E-state index contributed by atoms with van der Waals surface area (Å²) in [5.74, 6) is -3.20. The minimum Gasteiger partial charge on any atom is -0.481 e. The molecule has 15 heteroatoms. The number of benzene rings is 2. The maximum Gasteiger partial charge on any atom is 0.306 e. The Hall–Kier alpha value is -3.99. The lowest BCUT2D eigenvalue weighted by Gasteiger charge is -2.45.